The average molecular weight is 538 g/mol. The van der Waals surface area contributed by atoms with E-state index in [1.54, 1.807) is 24.3 Å². The normalized spacial score (nSPS) is 16.9. The molecule has 0 aromatic heterocycles. The second kappa shape index (κ2) is 14.4. The number of hydrogen-bond donors (Lipinski definition) is 1. The smallest absolute Gasteiger partial charge is 0.217 e. The highest BCUT2D eigenvalue weighted by atomic mass is 32.2. The third-order valence-corrected chi connectivity index (χ3v) is 8.89. The Morgan fingerprint density at radius 3 is 2.26 bits per heavy atom. The SMILES string of the molecule is O=S(=O)(CC(O)c1ccc(OCCCCCc2ccccc2)cc1)N1CCC[C@H]1COCc1ccccc1. The van der Waals surface area contributed by atoms with Crippen LogP contribution in [-0.2, 0) is 27.8 Å². The van der Waals surface area contributed by atoms with Gasteiger partial charge >= 0.3 is 0 Å². The summed E-state index contributed by atoms with van der Waals surface area (Å²) in [4.78, 5) is 0. The topological polar surface area (TPSA) is 76.1 Å². The summed E-state index contributed by atoms with van der Waals surface area (Å²) in [6, 6.07) is 27.2. The van der Waals surface area contributed by atoms with Crippen LogP contribution < -0.4 is 4.74 Å². The number of ether oxygens (including phenoxy) is 2. The van der Waals surface area contributed by atoms with Crippen LogP contribution in [0.4, 0.5) is 0 Å². The molecule has 0 spiro atoms. The fourth-order valence-electron chi connectivity index (χ4n) is 4.85. The van der Waals surface area contributed by atoms with Gasteiger partial charge < -0.3 is 14.6 Å². The van der Waals surface area contributed by atoms with Crippen LogP contribution in [0.25, 0.3) is 0 Å². The highest BCUT2D eigenvalue weighted by Crippen LogP contribution is 2.26. The van der Waals surface area contributed by atoms with Crippen LogP contribution in [0.1, 0.15) is 54.9 Å². The third kappa shape index (κ3) is 8.67. The lowest BCUT2D eigenvalue weighted by Gasteiger charge is -2.25. The van der Waals surface area contributed by atoms with Crippen molar-refractivity contribution in [3.05, 3.63) is 102 Å². The molecule has 0 saturated carbocycles. The minimum absolute atomic E-state index is 0.195. The number of nitrogens with zero attached hydrogens (tertiary/aromatic N) is 1. The lowest BCUT2D eigenvalue weighted by atomic mass is 10.1. The predicted octanol–water partition coefficient (Wildman–Crippen LogP) is 5.52. The second-order valence-electron chi connectivity index (χ2n) is 9.92. The monoisotopic (exact) mass is 537 g/mol. The molecular formula is C31H39NO5S. The number of rotatable bonds is 15. The Kier molecular flexibility index (Phi) is 10.8. The van der Waals surface area contributed by atoms with E-state index >= 15 is 0 Å². The molecule has 1 N–H and O–H groups in total. The van der Waals surface area contributed by atoms with Gasteiger partial charge in [-0.15, -0.1) is 0 Å². The van der Waals surface area contributed by atoms with E-state index in [0.717, 1.165) is 49.8 Å². The van der Waals surface area contributed by atoms with Crippen LogP contribution in [-0.4, -0.2) is 49.4 Å². The largest absolute Gasteiger partial charge is 0.494 e. The summed E-state index contributed by atoms with van der Waals surface area (Å²) in [5, 5.41) is 10.7. The lowest BCUT2D eigenvalue weighted by molar-refractivity contribution is 0.0868. The molecular weight excluding hydrogens is 498 g/mol. The fraction of sp³-hybridized carbons (Fsp3) is 0.419. The molecule has 1 fully saturated rings. The maximum Gasteiger partial charge on any atom is 0.217 e. The first-order chi connectivity index (χ1) is 18.5. The van der Waals surface area contributed by atoms with E-state index in [-0.39, 0.29) is 11.8 Å². The van der Waals surface area contributed by atoms with Crippen LogP contribution >= 0.6 is 0 Å². The Balaban J connectivity index is 1.18. The zero-order valence-electron chi connectivity index (χ0n) is 22.0. The fourth-order valence-corrected chi connectivity index (χ4v) is 6.66. The first-order valence-electron chi connectivity index (χ1n) is 13.6. The summed E-state index contributed by atoms with van der Waals surface area (Å²) in [6.07, 6.45) is 4.74. The van der Waals surface area contributed by atoms with E-state index in [1.807, 2.05) is 36.4 Å². The van der Waals surface area contributed by atoms with Crippen molar-refractivity contribution in [3.63, 3.8) is 0 Å². The molecule has 0 aliphatic carbocycles. The zero-order chi connectivity index (χ0) is 26.6. The van der Waals surface area contributed by atoms with Crippen molar-refractivity contribution in [2.75, 3.05) is 25.5 Å². The highest BCUT2D eigenvalue weighted by molar-refractivity contribution is 7.89. The van der Waals surface area contributed by atoms with E-state index in [4.69, 9.17) is 9.47 Å². The van der Waals surface area contributed by atoms with Gasteiger partial charge in [0.25, 0.3) is 0 Å². The maximum absolute atomic E-state index is 13.1. The molecule has 6 nitrogen and oxygen atoms in total. The first-order valence-corrected chi connectivity index (χ1v) is 15.2. The Hall–Kier alpha value is -2.71. The Morgan fingerprint density at radius 1 is 0.868 bits per heavy atom. The zero-order valence-corrected chi connectivity index (χ0v) is 22.8. The molecule has 1 aliphatic rings. The third-order valence-electron chi connectivity index (χ3n) is 6.96. The first kappa shape index (κ1) is 28.3. The molecule has 7 heteroatoms. The molecule has 38 heavy (non-hydrogen) atoms. The molecule has 1 unspecified atom stereocenters. The van der Waals surface area contributed by atoms with Crippen molar-refractivity contribution in [1.29, 1.82) is 0 Å². The Morgan fingerprint density at radius 2 is 1.55 bits per heavy atom. The van der Waals surface area contributed by atoms with Crippen molar-refractivity contribution >= 4 is 10.0 Å². The van der Waals surface area contributed by atoms with Crippen molar-refractivity contribution in [1.82, 2.24) is 4.31 Å². The molecule has 1 saturated heterocycles. The standard InChI is InChI=1S/C31H39NO5S/c33-31(25-38(34,35)32-21-10-16-29(32)24-36-23-27-14-6-2-7-15-27)28-17-19-30(20-18-28)37-22-9-3-8-13-26-11-4-1-5-12-26/h1-2,4-7,11-12,14-15,17-20,29,31,33H,3,8-10,13,16,21-25H2/t29-,31?/m0/s1. The Labute approximate surface area is 227 Å². The molecule has 4 rings (SSSR count). The van der Waals surface area contributed by atoms with E-state index in [9.17, 15) is 13.5 Å². The van der Waals surface area contributed by atoms with Crippen LogP contribution in [0, 0.1) is 0 Å². The average Bonchev–Trinajstić information content (AvgIpc) is 3.42. The van der Waals surface area contributed by atoms with Gasteiger partial charge in [0.05, 0.1) is 31.7 Å². The van der Waals surface area contributed by atoms with Crippen LogP contribution in [0.3, 0.4) is 0 Å². The van der Waals surface area contributed by atoms with Crippen LogP contribution in [0.2, 0.25) is 0 Å². The number of aliphatic hydroxyl groups excluding tert-OH is 1. The molecule has 3 aromatic carbocycles. The lowest BCUT2D eigenvalue weighted by Crippen LogP contribution is -2.40. The van der Waals surface area contributed by atoms with E-state index < -0.39 is 16.1 Å². The minimum atomic E-state index is -3.63. The van der Waals surface area contributed by atoms with Crippen molar-refractivity contribution in [2.24, 2.45) is 0 Å². The van der Waals surface area contributed by atoms with Gasteiger partial charge in [0, 0.05) is 12.6 Å². The van der Waals surface area contributed by atoms with E-state index in [1.165, 1.54) is 9.87 Å². The second-order valence-corrected chi connectivity index (χ2v) is 11.9. The molecule has 3 aromatic rings. The molecule has 204 valence electrons. The summed E-state index contributed by atoms with van der Waals surface area (Å²) < 4.78 is 39.4. The van der Waals surface area contributed by atoms with Crippen LogP contribution in [0.15, 0.2) is 84.9 Å². The van der Waals surface area contributed by atoms with E-state index in [2.05, 4.69) is 24.3 Å². The van der Waals surface area contributed by atoms with Crippen molar-refractivity contribution in [2.45, 2.75) is 57.3 Å². The quantitative estimate of drug-likeness (QED) is 0.258. The summed E-state index contributed by atoms with van der Waals surface area (Å²) in [6.45, 7) is 1.90. The van der Waals surface area contributed by atoms with Gasteiger partial charge in [0.2, 0.25) is 10.0 Å². The molecule has 1 aliphatic heterocycles. The van der Waals surface area contributed by atoms with E-state index in [0.29, 0.717) is 31.9 Å². The van der Waals surface area contributed by atoms with Crippen molar-refractivity contribution in [3.8, 4) is 5.75 Å². The molecule has 2 atom stereocenters. The maximum atomic E-state index is 13.1. The number of benzene rings is 3. The van der Waals surface area contributed by atoms with Gasteiger partial charge in [-0.1, -0.05) is 72.8 Å². The number of hydrogen-bond acceptors (Lipinski definition) is 5. The molecule has 1 heterocycles. The van der Waals surface area contributed by atoms with Gasteiger partial charge in [-0.2, -0.15) is 4.31 Å². The predicted molar refractivity (Wildman–Crippen MR) is 151 cm³/mol. The van der Waals surface area contributed by atoms with Gasteiger partial charge in [-0.05, 0) is 67.3 Å². The van der Waals surface area contributed by atoms with Crippen LogP contribution in [0.5, 0.6) is 5.75 Å². The van der Waals surface area contributed by atoms with Gasteiger partial charge in [-0.25, -0.2) is 8.42 Å². The minimum Gasteiger partial charge on any atom is -0.494 e. The van der Waals surface area contributed by atoms with Crippen molar-refractivity contribution < 1.29 is 23.0 Å². The summed E-state index contributed by atoms with van der Waals surface area (Å²) in [7, 11) is -3.63. The number of unbranched alkanes of at least 4 members (excludes halogenated alkanes) is 2. The molecule has 0 amide bonds. The number of aryl methyl sites for hydroxylation is 1. The van der Waals surface area contributed by atoms with Gasteiger partial charge in [0.1, 0.15) is 5.75 Å². The summed E-state index contributed by atoms with van der Waals surface area (Å²) >= 11 is 0. The van der Waals surface area contributed by atoms with Gasteiger partial charge in [-0.3, -0.25) is 0 Å². The highest BCUT2D eigenvalue weighted by Gasteiger charge is 2.35. The van der Waals surface area contributed by atoms with Gasteiger partial charge in [0.15, 0.2) is 0 Å². The number of aliphatic hydroxyl groups is 1. The molecule has 0 radical (unpaired) electrons. The molecule has 0 bridgehead atoms. The summed E-state index contributed by atoms with van der Waals surface area (Å²) in [5.41, 5.74) is 2.99. The Bertz CT molecular complexity index is 1190. The summed E-state index contributed by atoms with van der Waals surface area (Å²) in [5.74, 6) is 0.381. The number of sulfonamides is 1.